The molecule has 0 aromatic rings. The lowest BCUT2D eigenvalue weighted by Gasteiger charge is -2.12. The molecule has 0 bridgehead atoms. The smallest absolute Gasteiger partial charge is 0.0926 e. The van der Waals surface area contributed by atoms with E-state index in [0.717, 1.165) is 5.75 Å². The third kappa shape index (κ3) is 4.66. The van der Waals surface area contributed by atoms with Crippen molar-refractivity contribution in [3.63, 3.8) is 0 Å². The van der Waals surface area contributed by atoms with Crippen molar-refractivity contribution in [1.29, 1.82) is 5.26 Å². The SMILES string of the molecule is CSCC(C)NC(C)C#N. The highest BCUT2D eigenvalue weighted by atomic mass is 32.2. The van der Waals surface area contributed by atoms with Crippen LogP contribution in [0.4, 0.5) is 0 Å². The summed E-state index contributed by atoms with van der Waals surface area (Å²) in [4.78, 5) is 0. The van der Waals surface area contributed by atoms with Gasteiger partial charge in [0.25, 0.3) is 0 Å². The van der Waals surface area contributed by atoms with Crippen LogP contribution in [-0.4, -0.2) is 24.1 Å². The van der Waals surface area contributed by atoms with Crippen molar-refractivity contribution in [2.75, 3.05) is 12.0 Å². The van der Waals surface area contributed by atoms with E-state index >= 15 is 0 Å². The zero-order valence-electron chi connectivity index (χ0n) is 6.72. The Morgan fingerprint density at radius 1 is 1.60 bits per heavy atom. The maximum Gasteiger partial charge on any atom is 0.0926 e. The van der Waals surface area contributed by atoms with E-state index in [2.05, 4.69) is 24.6 Å². The first-order valence-electron chi connectivity index (χ1n) is 3.35. The Labute approximate surface area is 67.0 Å². The Morgan fingerprint density at radius 2 is 2.20 bits per heavy atom. The molecular formula is C7H14N2S. The molecule has 0 saturated heterocycles. The molecular weight excluding hydrogens is 144 g/mol. The minimum atomic E-state index is -0.0258. The van der Waals surface area contributed by atoms with Crippen LogP contribution >= 0.6 is 11.8 Å². The average Bonchev–Trinajstić information content (AvgIpc) is 1.88. The first kappa shape index (κ1) is 9.80. The van der Waals surface area contributed by atoms with E-state index in [4.69, 9.17) is 5.26 Å². The van der Waals surface area contributed by atoms with Gasteiger partial charge in [0.05, 0.1) is 12.1 Å². The van der Waals surface area contributed by atoms with Gasteiger partial charge >= 0.3 is 0 Å². The van der Waals surface area contributed by atoms with E-state index in [1.807, 2.05) is 6.92 Å². The number of thioether (sulfide) groups is 1. The third-order valence-electron chi connectivity index (χ3n) is 1.14. The summed E-state index contributed by atoms with van der Waals surface area (Å²) in [6, 6.07) is 2.54. The van der Waals surface area contributed by atoms with E-state index < -0.39 is 0 Å². The molecule has 1 N–H and O–H groups in total. The summed E-state index contributed by atoms with van der Waals surface area (Å²) in [5.74, 6) is 1.06. The van der Waals surface area contributed by atoms with Crippen molar-refractivity contribution in [3.05, 3.63) is 0 Å². The summed E-state index contributed by atoms with van der Waals surface area (Å²) in [6.45, 7) is 3.96. The van der Waals surface area contributed by atoms with Crippen LogP contribution in [0.2, 0.25) is 0 Å². The van der Waals surface area contributed by atoms with Crippen molar-refractivity contribution in [3.8, 4) is 6.07 Å². The average molecular weight is 158 g/mol. The molecule has 0 saturated carbocycles. The molecule has 0 amide bonds. The molecule has 0 aliphatic rings. The summed E-state index contributed by atoms with van der Waals surface area (Å²) in [5.41, 5.74) is 0. The van der Waals surface area contributed by atoms with Gasteiger partial charge in [0.2, 0.25) is 0 Å². The number of nitriles is 1. The predicted molar refractivity (Wildman–Crippen MR) is 46.1 cm³/mol. The molecule has 0 heterocycles. The van der Waals surface area contributed by atoms with Crippen molar-refractivity contribution < 1.29 is 0 Å². The van der Waals surface area contributed by atoms with Gasteiger partial charge in [-0.2, -0.15) is 17.0 Å². The summed E-state index contributed by atoms with van der Waals surface area (Å²) in [7, 11) is 0. The van der Waals surface area contributed by atoms with Crippen LogP contribution in [0, 0.1) is 11.3 Å². The minimum absolute atomic E-state index is 0.0258. The summed E-state index contributed by atoms with van der Waals surface area (Å²) >= 11 is 1.79. The second-order valence-electron chi connectivity index (χ2n) is 2.37. The molecule has 0 spiro atoms. The number of nitrogens with zero attached hydrogens (tertiary/aromatic N) is 1. The normalized spacial score (nSPS) is 15.8. The van der Waals surface area contributed by atoms with Crippen LogP contribution in [0.3, 0.4) is 0 Å². The van der Waals surface area contributed by atoms with Crippen LogP contribution in [-0.2, 0) is 0 Å². The molecule has 0 aliphatic carbocycles. The van der Waals surface area contributed by atoms with Gasteiger partial charge in [-0.1, -0.05) is 0 Å². The van der Waals surface area contributed by atoms with Crippen molar-refractivity contribution in [1.82, 2.24) is 5.32 Å². The zero-order chi connectivity index (χ0) is 7.98. The van der Waals surface area contributed by atoms with Crippen molar-refractivity contribution in [2.24, 2.45) is 0 Å². The molecule has 0 aromatic heterocycles. The lowest BCUT2D eigenvalue weighted by Crippen LogP contribution is -2.34. The van der Waals surface area contributed by atoms with Crippen LogP contribution in [0.1, 0.15) is 13.8 Å². The van der Waals surface area contributed by atoms with Gasteiger partial charge in [-0.25, -0.2) is 0 Å². The predicted octanol–water partition coefficient (Wildman–Crippen LogP) is 1.24. The molecule has 0 aromatic carbocycles. The monoisotopic (exact) mass is 158 g/mol. The Bertz CT molecular complexity index is 119. The first-order valence-corrected chi connectivity index (χ1v) is 4.74. The maximum atomic E-state index is 8.43. The fourth-order valence-electron chi connectivity index (χ4n) is 0.762. The van der Waals surface area contributed by atoms with Gasteiger partial charge in [-0.15, -0.1) is 0 Å². The highest BCUT2D eigenvalue weighted by Crippen LogP contribution is 1.96. The summed E-state index contributed by atoms with van der Waals surface area (Å²) < 4.78 is 0. The van der Waals surface area contributed by atoms with Gasteiger partial charge in [-0.3, -0.25) is 5.32 Å². The van der Waals surface area contributed by atoms with E-state index in [9.17, 15) is 0 Å². The van der Waals surface area contributed by atoms with E-state index in [1.54, 1.807) is 11.8 Å². The van der Waals surface area contributed by atoms with Gasteiger partial charge in [-0.05, 0) is 20.1 Å². The topological polar surface area (TPSA) is 35.8 Å². The molecule has 0 aliphatic heterocycles. The molecule has 2 unspecified atom stereocenters. The van der Waals surface area contributed by atoms with Crippen LogP contribution in [0.25, 0.3) is 0 Å². The molecule has 0 radical (unpaired) electrons. The molecule has 2 nitrogen and oxygen atoms in total. The Morgan fingerprint density at radius 3 is 2.60 bits per heavy atom. The summed E-state index contributed by atoms with van der Waals surface area (Å²) in [5, 5.41) is 11.6. The molecule has 0 rings (SSSR count). The van der Waals surface area contributed by atoms with Crippen molar-refractivity contribution in [2.45, 2.75) is 25.9 Å². The van der Waals surface area contributed by atoms with Gasteiger partial charge in [0, 0.05) is 11.8 Å². The van der Waals surface area contributed by atoms with E-state index in [1.165, 1.54) is 0 Å². The summed E-state index contributed by atoms with van der Waals surface area (Å²) in [6.07, 6.45) is 2.06. The lowest BCUT2D eigenvalue weighted by atomic mass is 10.3. The molecule has 0 fully saturated rings. The second kappa shape index (κ2) is 5.57. The Kier molecular flexibility index (Phi) is 5.46. The van der Waals surface area contributed by atoms with Crippen LogP contribution in [0.15, 0.2) is 0 Å². The fourth-order valence-corrected chi connectivity index (χ4v) is 1.36. The van der Waals surface area contributed by atoms with Gasteiger partial charge in [0.1, 0.15) is 0 Å². The van der Waals surface area contributed by atoms with E-state index in [-0.39, 0.29) is 6.04 Å². The van der Waals surface area contributed by atoms with Crippen molar-refractivity contribution >= 4 is 11.8 Å². The number of nitrogens with one attached hydrogen (secondary N) is 1. The number of hydrogen-bond acceptors (Lipinski definition) is 3. The van der Waals surface area contributed by atoms with Crippen LogP contribution in [0.5, 0.6) is 0 Å². The Hall–Kier alpha value is -0.200. The highest BCUT2D eigenvalue weighted by Gasteiger charge is 2.03. The van der Waals surface area contributed by atoms with E-state index in [0.29, 0.717) is 6.04 Å². The number of rotatable bonds is 4. The maximum absolute atomic E-state index is 8.43. The molecule has 10 heavy (non-hydrogen) atoms. The second-order valence-corrected chi connectivity index (χ2v) is 3.28. The zero-order valence-corrected chi connectivity index (χ0v) is 7.53. The standard InChI is InChI=1S/C7H14N2S/c1-6(4-8)9-7(2)5-10-3/h6-7,9H,5H2,1-3H3. The fraction of sp³-hybridized carbons (Fsp3) is 0.857. The first-order chi connectivity index (χ1) is 4.70. The number of hydrogen-bond donors (Lipinski definition) is 1. The molecule has 2 atom stereocenters. The molecule has 58 valence electrons. The third-order valence-corrected chi connectivity index (χ3v) is 1.98. The largest absolute Gasteiger partial charge is 0.299 e. The van der Waals surface area contributed by atoms with Gasteiger partial charge < -0.3 is 0 Å². The highest BCUT2D eigenvalue weighted by molar-refractivity contribution is 7.98. The molecule has 3 heteroatoms. The Balaban J connectivity index is 3.39. The van der Waals surface area contributed by atoms with Gasteiger partial charge in [0.15, 0.2) is 0 Å². The van der Waals surface area contributed by atoms with Crippen LogP contribution < -0.4 is 5.32 Å². The quantitative estimate of drug-likeness (QED) is 0.668. The lowest BCUT2D eigenvalue weighted by molar-refractivity contribution is 0.562. The minimum Gasteiger partial charge on any atom is -0.299 e.